The number of nitrogens with zero attached hydrogens (tertiary/aromatic N) is 4. The number of methoxy groups -OCH3 is 1. The number of aryl methyl sites for hydroxylation is 1. The molecule has 0 saturated carbocycles. The van der Waals surface area contributed by atoms with Gasteiger partial charge < -0.3 is 19.0 Å². The third-order valence-electron chi connectivity index (χ3n) is 5.53. The van der Waals surface area contributed by atoms with Crippen LogP contribution in [0.3, 0.4) is 0 Å². The number of anilines is 1. The van der Waals surface area contributed by atoms with Gasteiger partial charge in [0.25, 0.3) is 5.69 Å². The van der Waals surface area contributed by atoms with Gasteiger partial charge in [0, 0.05) is 50.7 Å². The second-order valence-electron chi connectivity index (χ2n) is 7.46. The molecule has 2 heterocycles. The first-order valence-electron chi connectivity index (χ1n) is 10.4. The minimum atomic E-state index is -0.372. The Labute approximate surface area is 185 Å². The second-order valence-corrected chi connectivity index (χ2v) is 7.46. The lowest BCUT2D eigenvalue weighted by Gasteiger charge is -2.35. The molecule has 166 valence electrons. The second kappa shape index (κ2) is 9.51. The van der Waals surface area contributed by atoms with Crippen LogP contribution in [0.4, 0.5) is 11.4 Å². The lowest BCUT2D eigenvalue weighted by molar-refractivity contribution is -0.384. The van der Waals surface area contributed by atoms with Crippen LogP contribution in [0, 0.1) is 10.1 Å². The normalized spacial score (nSPS) is 13.8. The summed E-state index contributed by atoms with van der Waals surface area (Å²) in [6, 6.07) is 14.2. The summed E-state index contributed by atoms with van der Waals surface area (Å²) in [7, 11) is 1.62. The lowest BCUT2D eigenvalue weighted by Crippen LogP contribution is -2.49. The molecule has 0 atom stereocenters. The molecule has 9 nitrogen and oxygen atoms in total. The number of aromatic nitrogens is 1. The maximum atomic E-state index is 12.7. The van der Waals surface area contributed by atoms with Crippen LogP contribution in [-0.2, 0) is 11.2 Å². The lowest BCUT2D eigenvalue weighted by atomic mass is 10.2. The number of ether oxygens (including phenoxy) is 1. The number of carbonyl (C=O) groups excluding carboxylic acids is 1. The number of nitro groups is 1. The van der Waals surface area contributed by atoms with Gasteiger partial charge in [0.15, 0.2) is 11.7 Å². The van der Waals surface area contributed by atoms with E-state index >= 15 is 0 Å². The number of para-hydroxylation sites is 2. The van der Waals surface area contributed by atoms with Gasteiger partial charge in [-0.15, -0.1) is 0 Å². The zero-order chi connectivity index (χ0) is 22.5. The van der Waals surface area contributed by atoms with Crippen molar-refractivity contribution in [2.45, 2.75) is 12.8 Å². The van der Waals surface area contributed by atoms with E-state index in [0.717, 1.165) is 11.3 Å². The van der Waals surface area contributed by atoms with Crippen LogP contribution in [0.25, 0.3) is 11.3 Å². The Morgan fingerprint density at radius 3 is 2.53 bits per heavy atom. The molecule has 1 amide bonds. The zero-order valence-corrected chi connectivity index (χ0v) is 17.8. The van der Waals surface area contributed by atoms with Gasteiger partial charge in [0.2, 0.25) is 5.91 Å². The molecular formula is C23H24N4O5. The molecule has 0 aliphatic carbocycles. The van der Waals surface area contributed by atoms with Crippen molar-refractivity contribution in [1.82, 2.24) is 9.88 Å². The van der Waals surface area contributed by atoms with Crippen molar-refractivity contribution in [1.29, 1.82) is 0 Å². The van der Waals surface area contributed by atoms with Gasteiger partial charge in [0.05, 0.1) is 18.2 Å². The van der Waals surface area contributed by atoms with Crippen molar-refractivity contribution in [2.75, 3.05) is 38.2 Å². The highest BCUT2D eigenvalue weighted by Crippen LogP contribution is 2.28. The van der Waals surface area contributed by atoms with Gasteiger partial charge in [-0.25, -0.2) is 4.98 Å². The molecule has 1 aliphatic rings. The fourth-order valence-corrected chi connectivity index (χ4v) is 3.77. The third kappa shape index (κ3) is 4.72. The SMILES string of the molecule is COc1ccc(-c2cnc(CCC(=O)N3CCN(c4ccccc4[N+](=O)[O-])CC3)o2)cc1. The molecule has 9 heteroatoms. The van der Waals surface area contributed by atoms with Crippen molar-refractivity contribution in [3.63, 3.8) is 0 Å². The summed E-state index contributed by atoms with van der Waals surface area (Å²) in [6.07, 6.45) is 2.38. The first-order valence-corrected chi connectivity index (χ1v) is 10.4. The van der Waals surface area contributed by atoms with Crippen molar-refractivity contribution in [3.8, 4) is 17.1 Å². The van der Waals surface area contributed by atoms with Crippen LogP contribution in [0.5, 0.6) is 5.75 Å². The van der Waals surface area contributed by atoms with Crippen molar-refractivity contribution in [3.05, 3.63) is 70.7 Å². The molecule has 1 aromatic heterocycles. The first kappa shape index (κ1) is 21.4. The van der Waals surface area contributed by atoms with Crippen LogP contribution < -0.4 is 9.64 Å². The topological polar surface area (TPSA) is 102 Å². The number of hydrogen-bond acceptors (Lipinski definition) is 7. The van der Waals surface area contributed by atoms with Crippen LogP contribution in [0.15, 0.2) is 59.1 Å². The van der Waals surface area contributed by atoms with Crippen LogP contribution in [0.1, 0.15) is 12.3 Å². The molecule has 0 bridgehead atoms. The Hall–Kier alpha value is -3.88. The molecule has 0 N–H and O–H groups in total. The van der Waals surface area contributed by atoms with E-state index in [4.69, 9.17) is 9.15 Å². The summed E-state index contributed by atoms with van der Waals surface area (Å²) in [4.78, 5) is 31.6. The number of rotatable bonds is 7. The van der Waals surface area contributed by atoms with E-state index in [0.29, 0.717) is 56.4 Å². The van der Waals surface area contributed by atoms with Crippen LogP contribution in [0.2, 0.25) is 0 Å². The predicted molar refractivity (Wildman–Crippen MR) is 119 cm³/mol. The minimum absolute atomic E-state index is 0.0245. The summed E-state index contributed by atoms with van der Waals surface area (Å²) in [6.45, 7) is 2.15. The largest absolute Gasteiger partial charge is 0.497 e. The Morgan fingerprint density at radius 2 is 1.84 bits per heavy atom. The van der Waals surface area contributed by atoms with E-state index in [2.05, 4.69) is 4.98 Å². The van der Waals surface area contributed by atoms with Gasteiger partial charge in [-0.1, -0.05) is 12.1 Å². The van der Waals surface area contributed by atoms with Crippen molar-refractivity contribution >= 4 is 17.3 Å². The summed E-state index contributed by atoms with van der Waals surface area (Å²) in [5.74, 6) is 1.95. The quantitative estimate of drug-likeness (QED) is 0.412. The highest BCUT2D eigenvalue weighted by Gasteiger charge is 2.25. The number of oxazole rings is 1. The van der Waals surface area contributed by atoms with Gasteiger partial charge in [-0.3, -0.25) is 14.9 Å². The monoisotopic (exact) mass is 436 g/mol. The predicted octanol–water partition coefficient (Wildman–Crippen LogP) is 3.54. The molecule has 4 rings (SSSR count). The number of amides is 1. The number of nitro benzene ring substituents is 1. The van der Waals surface area contributed by atoms with Gasteiger partial charge in [-0.2, -0.15) is 0 Å². The molecule has 3 aromatic rings. The Balaban J connectivity index is 1.29. The van der Waals surface area contributed by atoms with Gasteiger partial charge in [-0.05, 0) is 30.3 Å². The fraction of sp³-hybridized carbons (Fsp3) is 0.304. The van der Waals surface area contributed by atoms with E-state index in [-0.39, 0.29) is 16.5 Å². The van der Waals surface area contributed by atoms with E-state index in [1.165, 1.54) is 6.07 Å². The molecule has 0 radical (unpaired) electrons. The minimum Gasteiger partial charge on any atom is -0.497 e. The maximum absolute atomic E-state index is 12.7. The van der Waals surface area contributed by atoms with Crippen LogP contribution >= 0.6 is 0 Å². The number of hydrogen-bond donors (Lipinski definition) is 0. The molecule has 0 unspecified atom stereocenters. The molecule has 2 aromatic carbocycles. The fourth-order valence-electron chi connectivity index (χ4n) is 3.77. The zero-order valence-electron chi connectivity index (χ0n) is 17.8. The smallest absolute Gasteiger partial charge is 0.292 e. The average molecular weight is 436 g/mol. The molecule has 1 fully saturated rings. The summed E-state index contributed by atoms with van der Waals surface area (Å²) >= 11 is 0. The number of piperazine rings is 1. The first-order chi connectivity index (χ1) is 15.5. The Morgan fingerprint density at radius 1 is 1.12 bits per heavy atom. The van der Waals surface area contributed by atoms with Gasteiger partial charge in [0.1, 0.15) is 11.4 Å². The van der Waals surface area contributed by atoms with E-state index in [1.807, 2.05) is 29.2 Å². The van der Waals surface area contributed by atoms with E-state index in [9.17, 15) is 14.9 Å². The van der Waals surface area contributed by atoms with Crippen LogP contribution in [-0.4, -0.2) is 54.0 Å². The highest BCUT2D eigenvalue weighted by molar-refractivity contribution is 5.77. The van der Waals surface area contributed by atoms with E-state index in [1.54, 1.807) is 36.4 Å². The molecular weight excluding hydrogens is 412 g/mol. The Bertz CT molecular complexity index is 1090. The summed E-state index contributed by atoms with van der Waals surface area (Å²) in [5.41, 5.74) is 1.57. The van der Waals surface area contributed by atoms with Crippen molar-refractivity contribution in [2.24, 2.45) is 0 Å². The standard InChI is InChI=1S/C23H24N4O5/c1-31-18-8-6-17(7-9-18)21-16-24-22(32-21)10-11-23(28)26-14-12-25(13-15-26)19-4-2-3-5-20(19)27(29)30/h2-9,16H,10-15H2,1H3. The highest BCUT2D eigenvalue weighted by atomic mass is 16.6. The Kier molecular flexibility index (Phi) is 6.34. The number of benzene rings is 2. The third-order valence-corrected chi connectivity index (χ3v) is 5.53. The van der Waals surface area contributed by atoms with E-state index < -0.39 is 0 Å². The maximum Gasteiger partial charge on any atom is 0.292 e. The average Bonchev–Trinajstić information content (AvgIpc) is 3.32. The summed E-state index contributed by atoms with van der Waals surface area (Å²) in [5, 5.41) is 11.3. The molecule has 32 heavy (non-hydrogen) atoms. The molecule has 1 aliphatic heterocycles. The summed E-state index contributed by atoms with van der Waals surface area (Å²) < 4.78 is 11.0. The molecule has 0 spiro atoms. The van der Waals surface area contributed by atoms with Crippen molar-refractivity contribution < 1.29 is 18.9 Å². The number of carbonyl (C=O) groups is 1. The molecule has 1 saturated heterocycles. The van der Waals surface area contributed by atoms with Gasteiger partial charge >= 0.3 is 0 Å².